The Hall–Kier alpha value is -2.68. The fourth-order valence-corrected chi connectivity index (χ4v) is 3.50. The Morgan fingerprint density at radius 2 is 1.72 bits per heavy atom. The van der Waals surface area contributed by atoms with E-state index in [1.807, 2.05) is 0 Å². The lowest BCUT2D eigenvalue weighted by Crippen LogP contribution is -2.25. The molecule has 0 heterocycles. The molecule has 0 aromatic heterocycles. The minimum absolute atomic E-state index is 0.0214. The van der Waals surface area contributed by atoms with Crippen LogP contribution in [-0.4, -0.2) is 45.2 Å². The predicted octanol–water partition coefficient (Wildman–Crippen LogP) is 2.44. The Bertz CT molecular complexity index is 1020. The summed E-state index contributed by atoms with van der Waals surface area (Å²) in [6, 6.07) is 10.7. The van der Waals surface area contributed by atoms with Crippen molar-refractivity contribution in [2.45, 2.75) is 11.4 Å². The Balaban J connectivity index is 2.09. The lowest BCUT2D eigenvalue weighted by atomic mass is 10.1. The van der Waals surface area contributed by atoms with Gasteiger partial charge in [-0.05, 0) is 35.9 Å². The van der Waals surface area contributed by atoms with E-state index in [9.17, 15) is 18.0 Å². The molecular formula is C20H22ClN3O4S. The van der Waals surface area contributed by atoms with Crippen LogP contribution in [0.4, 0.5) is 0 Å². The largest absolute Gasteiger partial charge is 0.349 e. The second kappa shape index (κ2) is 9.69. The number of carbonyl (C=O) groups is 2. The van der Waals surface area contributed by atoms with Gasteiger partial charge in [-0.15, -0.1) is 6.58 Å². The molecule has 7 nitrogen and oxygen atoms in total. The second-order valence-corrected chi connectivity index (χ2v) is 8.87. The van der Waals surface area contributed by atoms with Gasteiger partial charge in [0.2, 0.25) is 10.0 Å². The van der Waals surface area contributed by atoms with E-state index in [-0.39, 0.29) is 27.9 Å². The number of sulfonamides is 1. The van der Waals surface area contributed by atoms with Crippen LogP contribution in [0.3, 0.4) is 0 Å². The first kappa shape index (κ1) is 22.6. The number of halogens is 1. The van der Waals surface area contributed by atoms with E-state index >= 15 is 0 Å². The quantitative estimate of drug-likeness (QED) is 0.622. The highest BCUT2D eigenvalue weighted by Crippen LogP contribution is 2.22. The molecule has 0 atom stereocenters. The molecule has 0 fully saturated rings. The van der Waals surface area contributed by atoms with Crippen LogP contribution < -0.4 is 10.6 Å². The van der Waals surface area contributed by atoms with E-state index in [0.29, 0.717) is 12.1 Å². The normalized spacial score (nSPS) is 11.2. The average molecular weight is 436 g/mol. The number of nitrogens with zero attached hydrogens (tertiary/aromatic N) is 1. The van der Waals surface area contributed by atoms with Gasteiger partial charge in [-0.2, -0.15) is 0 Å². The average Bonchev–Trinajstić information content (AvgIpc) is 2.70. The predicted molar refractivity (Wildman–Crippen MR) is 112 cm³/mol. The molecule has 0 aliphatic rings. The van der Waals surface area contributed by atoms with Crippen LogP contribution in [0.2, 0.25) is 5.02 Å². The number of rotatable bonds is 8. The smallest absolute Gasteiger partial charge is 0.253 e. The molecular weight excluding hydrogens is 414 g/mol. The summed E-state index contributed by atoms with van der Waals surface area (Å²) < 4.78 is 25.6. The summed E-state index contributed by atoms with van der Waals surface area (Å²) in [5, 5.41) is 5.53. The molecule has 2 aromatic carbocycles. The van der Waals surface area contributed by atoms with Crippen LogP contribution in [0.15, 0.2) is 60.0 Å². The SMILES string of the molecule is C=CCNC(=O)c1ccc(CNC(=O)c2cc(S(=O)(=O)N(C)C)ccc2Cl)cc1. The van der Waals surface area contributed by atoms with Crippen molar-refractivity contribution in [3.8, 4) is 0 Å². The zero-order valence-corrected chi connectivity index (χ0v) is 17.7. The van der Waals surface area contributed by atoms with Gasteiger partial charge in [0.15, 0.2) is 0 Å². The lowest BCUT2D eigenvalue weighted by molar-refractivity contribution is 0.0944. The van der Waals surface area contributed by atoms with Crippen molar-refractivity contribution in [2.24, 2.45) is 0 Å². The van der Waals surface area contributed by atoms with E-state index in [1.54, 1.807) is 30.3 Å². The van der Waals surface area contributed by atoms with Crippen LogP contribution in [0.25, 0.3) is 0 Å². The Labute approximate surface area is 175 Å². The summed E-state index contributed by atoms with van der Waals surface area (Å²) in [7, 11) is -0.870. The zero-order valence-electron chi connectivity index (χ0n) is 16.1. The summed E-state index contributed by atoms with van der Waals surface area (Å²) >= 11 is 6.08. The fraction of sp³-hybridized carbons (Fsp3) is 0.200. The number of nitrogens with one attached hydrogen (secondary N) is 2. The second-order valence-electron chi connectivity index (χ2n) is 6.31. The summed E-state index contributed by atoms with van der Waals surface area (Å²) in [4.78, 5) is 24.4. The number of amides is 2. The highest BCUT2D eigenvalue weighted by atomic mass is 35.5. The number of carbonyl (C=O) groups excluding carboxylic acids is 2. The van der Waals surface area contributed by atoms with Crippen LogP contribution in [0, 0.1) is 0 Å². The van der Waals surface area contributed by atoms with Crippen molar-refractivity contribution < 1.29 is 18.0 Å². The van der Waals surface area contributed by atoms with Crippen molar-refractivity contribution in [2.75, 3.05) is 20.6 Å². The first-order valence-corrected chi connectivity index (χ1v) is 10.5. The van der Waals surface area contributed by atoms with E-state index in [1.165, 1.54) is 32.3 Å². The third kappa shape index (κ3) is 5.66. The Morgan fingerprint density at radius 1 is 1.07 bits per heavy atom. The van der Waals surface area contributed by atoms with Crippen molar-refractivity contribution in [3.63, 3.8) is 0 Å². The maximum absolute atomic E-state index is 12.5. The minimum atomic E-state index is -3.69. The van der Waals surface area contributed by atoms with Gasteiger partial charge >= 0.3 is 0 Å². The molecule has 0 spiro atoms. The molecule has 0 aliphatic heterocycles. The molecule has 154 valence electrons. The molecule has 0 aliphatic carbocycles. The molecule has 0 radical (unpaired) electrons. The van der Waals surface area contributed by atoms with Crippen LogP contribution in [0.5, 0.6) is 0 Å². The highest BCUT2D eigenvalue weighted by Gasteiger charge is 2.20. The summed E-state index contributed by atoms with van der Waals surface area (Å²) in [5.74, 6) is -0.718. The minimum Gasteiger partial charge on any atom is -0.349 e. The van der Waals surface area contributed by atoms with Gasteiger partial charge in [0, 0.05) is 32.7 Å². The monoisotopic (exact) mass is 435 g/mol. The van der Waals surface area contributed by atoms with Gasteiger partial charge in [0.1, 0.15) is 0 Å². The van der Waals surface area contributed by atoms with E-state index in [4.69, 9.17) is 11.6 Å². The number of hydrogen-bond donors (Lipinski definition) is 2. The van der Waals surface area contributed by atoms with Gasteiger partial charge in [-0.25, -0.2) is 12.7 Å². The van der Waals surface area contributed by atoms with Gasteiger partial charge in [-0.3, -0.25) is 9.59 Å². The molecule has 2 aromatic rings. The van der Waals surface area contributed by atoms with Crippen molar-refractivity contribution >= 4 is 33.4 Å². The molecule has 0 bridgehead atoms. The van der Waals surface area contributed by atoms with Crippen LogP contribution in [-0.2, 0) is 16.6 Å². The maximum Gasteiger partial charge on any atom is 0.253 e. The molecule has 0 saturated heterocycles. The topological polar surface area (TPSA) is 95.6 Å². The lowest BCUT2D eigenvalue weighted by Gasteiger charge is -2.13. The maximum atomic E-state index is 12.5. The van der Waals surface area contributed by atoms with Gasteiger partial charge in [0.05, 0.1) is 15.5 Å². The van der Waals surface area contributed by atoms with E-state index in [2.05, 4.69) is 17.2 Å². The molecule has 2 amide bonds. The molecule has 2 N–H and O–H groups in total. The molecule has 0 unspecified atom stereocenters. The summed E-state index contributed by atoms with van der Waals surface area (Å²) in [6.45, 7) is 4.10. The van der Waals surface area contributed by atoms with Crippen molar-refractivity contribution in [1.29, 1.82) is 0 Å². The third-order valence-corrected chi connectivity index (χ3v) is 6.18. The molecule has 0 saturated carbocycles. The number of benzene rings is 2. The molecule has 9 heteroatoms. The highest BCUT2D eigenvalue weighted by molar-refractivity contribution is 7.89. The van der Waals surface area contributed by atoms with E-state index < -0.39 is 15.9 Å². The van der Waals surface area contributed by atoms with Gasteiger partial charge < -0.3 is 10.6 Å². The molecule has 2 rings (SSSR count). The van der Waals surface area contributed by atoms with Gasteiger partial charge in [0.25, 0.3) is 11.8 Å². The first-order chi connectivity index (χ1) is 13.7. The number of hydrogen-bond acceptors (Lipinski definition) is 4. The Morgan fingerprint density at radius 3 is 2.31 bits per heavy atom. The zero-order chi connectivity index (χ0) is 21.6. The summed E-state index contributed by atoms with van der Waals surface area (Å²) in [6.07, 6.45) is 1.59. The van der Waals surface area contributed by atoms with Crippen LogP contribution in [0.1, 0.15) is 26.3 Å². The Kier molecular flexibility index (Phi) is 7.55. The van der Waals surface area contributed by atoms with Crippen LogP contribution >= 0.6 is 11.6 Å². The first-order valence-electron chi connectivity index (χ1n) is 8.65. The van der Waals surface area contributed by atoms with Gasteiger partial charge in [-0.1, -0.05) is 29.8 Å². The standard InChI is InChI=1S/C20H22ClN3O4S/c1-4-11-22-19(25)15-7-5-14(6-8-15)13-23-20(26)17-12-16(9-10-18(17)21)29(27,28)24(2)3/h4-10,12H,1,11,13H2,2-3H3,(H,22,25)(H,23,26). The fourth-order valence-electron chi connectivity index (χ4n) is 2.37. The summed E-state index contributed by atoms with van der Waals surface area (Å²) in [5.41, 5.74) is 1.33. The molecule has 29 heavy (non-hydrogen) atoms. The van der Waals surface area contributed by atoms with Crippen molar-refractivity contribution in [1.82, 2.24) is 14.9 Å². The van der Waals surface area contributed by atoms with E-state index in [0.717, 1.165) is 9.87 Å². The van der Waals surface area contributed by atoms with Crippen molar-refractivity contribution in [3.05, 3.63) is 76.8 Å². The third-order valence-electron chi connectivity index (χ3n) is 4.04.